The Hall–Kier alpha value is -1.93. The van der Waals surface area contributed by atoms with Crippen molar-refractivity contribution in [3.05, 3.63) is 59.8 Å². The highest BCUT2D eigenvalue weighted by atomic mass is 35.5. The first-order valence-electron chi connectivity index (χ1n) is 8.53. The number of benzene rings is 1. The van der Waals surface area contributed by atoms with E-state index in [1.54, 1.807) is 24.4 Å². The van der Waals surface area contributed by atoms with E-state index in [2.05, 4.69) is 4.98 Å². The summed E-state index contributed by atoms with van der Waals surface area (Å²) >= 11 is 0. The fourth-order valence-corrected chi connectivity index (χ4v) is 3.95. The van der Waals surface area contributed by atoms with E-state index in [-0.39, 0.29) is 48.6 Å². The highest BCUT2D eigenvalue weighted by molar-refractivity contribution is 7.90. The third kappa shape index (κ3) is 5.17. The number of sulfone groups is 1. The zero-order valence-electron chi connectivity index (χ0n) is 16.3. The minimum atomic E-state index is -3.36. The van der Waals surface area contributed by atoms with Gasteiger partial charge in [0.1, 0.15) is 5.83 Å². The Balaban J connectivity index is 0.00000210. The van der Waals surface area contributed by atoms with E-state index in [1.807, 2.05) is 30.5 Å². The number of aryl methyl sites for hydroxylation is 1. The standard InChI is InChI=1S/C20H22FN3O2S.2ClH/c1-13-10-15(7-9-23-13)20-14(2)24(12-16(21)6-8-22)19-5-4-17(11-18(19)20)27(3,25)26;;/h4-7,9-11H,8,12,22H2,1-3H3;2*1H/b16-6-;;. The van der Waals surface area contributed by atoms with Crippen molar-refractivity contribution in [2.45, 2.75) is 25.3 Å². The number of hydrogen-bond acceptors (Lipinski definition) is 4. The van der Waals surface area contributed by atoms with Crippen molar-refractivity contribution in [2.75, 3.05) is 12.8 Å². The predicted octanol–water partition coefficient (Wildman–Crippen LogP) is 4.38. The lowest BCUT2D eigenvalue weighted by Crippen LogP contribution is -2.03. The van der Waals surface area contributed by atoms with Gasteiger partial charge in [-0.05, 0) is 55.8 Å². The topological polar surface area (TPSA) is 78.0 Å². The quantitative estimate of drug-likeness (QED) is 0.613. The van der Waals surface area contributed by atoms with Crippen molar-refractivity contribution in [1.82, 2.24) is 9.55 Å². The normalized spacial score (nSPS) is 11.8. The highest BCUT2D eigenvalue weighted by Crippen LogP contribution is 2.36. The second kappa shape index (κ2) is 9.71. The van der Waals surface area contributed by atoms with Crippen LogP contribution in [-0.4, -0.2) is 30.8 Å². The van der Waals surface area contributed by atoms with Gasteiger partial charge in [0.25, 0.3) is 0 Å². The molecule has 0 bridgehead atoms. The van der Waals surface area contributed by atoms with Gasteiger partial charge in [0.15, 0.2) is 9.84 Å². The van der Waals surface area contributed by atoms with Crippen molar-refractivity contribution in [3.8, 4) is 11.1 Å². The fraction of sp³-hybridized carbons (Fsp3) is 0.250. The summed E-state index contributed by atoms with van der Waals surface area (Å²) in [6, 6.07) is 8.75. The van der Waals surface area contributed by atoms with E-state index < -0.39 is 9.84 Å². The molecule has 2 N–H and O–H groups in total. The molecule has 0 saturated heterocycles. The first-order chi connectivity index (χ1) is 12.7. The van der Waals surface area contributed by atoms with Gasteiger partial charge in [0.2, 0.25) is 0 Å². The molecule has 3 rings (SSSR count). The molecule has 2 aromatic heterocycles. The minimum absolute atomic E-state index is 0. The van der Waals surface area contributed by atoms with Crippen LogP contribution in [0.15, 0.2) is 53.3 Å². The van der Waals surface area contributed by atoms with E-state index in [4.69, 9.17) is 5.73 Å². The number of nitrogens with zero attached hydrogens (tertiary/aromatic N) is 2. The maximum absolute atomic E-state index is 14.2. The molecule has 9 heteroatoms. The number of pyridine rings is 1. The summed E-state index contributed by atoms with van der Waals surface area (Å²) in [6.07, 6.45) is 4.23. The molecular formula is C20H24Cl2FN3O2S. The van der Waals surface area contributed by atoms with Gasteiger partial charge in [0.05, 0.1) is 11.4 Å². The van der Waals surface area contributed by atoms with E-state index >= 15 is 0 Å². The summed E-state index contributed by atoms with van der Waals surface area (Å²) in [5.41, 5.74) is 9.67. The van der Waals surface area contributed by atoms with Crippen LogP contribution < -0.4 is 5.73 Å². The van der Waals surface area contributed by atoms with Crippen LogP contribution >= 0.6 is 24.8 Å². The van der Waals surface area contributed by atoms with Gasteiger partial charge in [0, 0.05) is 46.9 Å². The van der Waals surface area contributed by atoms with E-state index in [0.717, 1.165) is 33.4 Å². The lowest BCUT2D eigenvalue weighted by molar-refractivity contribution is 0.555. The number of hydrogen-bond donors (Lipinski definition) is 1. The highest BCUT2D eigenvalue weighted by Gasteiger charge is 2.19. The summed E-state index contributed by atoms with van der Waals surface area (Å²) in [5.74, 6) is -0.331. The maximum atomic E-state index is 14.2. The second-order valence-electron chi connectivity index (χ2n) is 6.57. The molecule has 0 atom stereocenters. The van der Waals surface area contributed by atoms with Crippen LogP contribution in [0.3, 0.4) is 0 Å². The van der Waals surface area contributed by atoms with Crippen molar-refractivity contribution < 1.29 is 12.8 Å². The molecule has 5 nitrogen and oxygen atoms in total. The number of rotatable bonds is 5. The van der Waals surface area contributed by atoms with Gasteiger partial charge >= 0.3 is 0 Å². The monoisotopic (exact) mass is 459 g/mol. The molecule has 3 aromatic rings. The lowest BCUT2D eigenvalue weighted by Gasteiger charge is -2.08. The van der Waals surface area contributed by atoms with Gasteiger partial charge in [-0.15, -0.1) is 24.8 Å². The largest absolute Gasteiger partial charge is 0.337 e. The SMILES string of the molecule is Cc1cc(-c2c(C)n(C/C(F)=C/CN)c3ccc(S(C)(=O)=O)cc23)ccn1.Cl.Cl. The Labute approximate surface area is 182 Å². The molecule has 0 amide bonds. The molecular weight excluding hydrogens is 436 g/mol. The number of fused-ring (bicyclic) bond motifs is 1. The summed E-state index contributed by atoms with van der Waals surface area (Å²) in [6.45, 7) is 3.96. The van der Waals surface area contributed by atoms with E-state index in [9.17, 15) is 12.8 Å². The maximum Gasteiger partial charge on any atom is 0.175 e. The number of nitrogens with two attached hydrogens (primary N) is 1. The average molecular weight is 460 g/mol. The third-order valence-electron chi connectivity index (χ3n) is 4.56. The molecule has 0 radical (unpaired) electrons. The summed E-state index contributed by atoms with van der Waals surface area (Å²) in [4.78, 5) is 4.46. The van der Waals surface area contributed by atoms with Gasteiger partial charge in [-0.25, -0.2) is 12.8 Å². The number of aromatic nitrogens is 2. The van der Waals surface area contributed by atoms with Crippen LogP contribution in [-0.2, 0) is 16.4 Å². The smallest absolute Gasteiger partial charge is 0.175 e. The summed E-state index contributed by atoms with van der Waals surface area (Å²) < 4.78 is 40.1. The molecule has 0 aliphatic rings. The molecule has 0 aliphatic carbocycles. The van der Waals surface area contributed by atoms with Crippen molar-refractivity contribution in [2.24, 2.45) is 5.73 Å². The summed E-state index contributed by atoms with van der Waals surface area (Å²) in [5, 5.41) is 0.765. The molecule has 0 aliphatic heterocycles. The Bertz CT molecular complexity index is 1160. The van der Waals surface area contributed by atoms with Crippen LogP contribution in [0.1, 0.15) is 11.4 Å². The van der Waals surface area contributed by atoms with Crippen LogP contribution in [0, 0.1) is 13.8 Å². The molecule has 1 aromatic carbocycles. The molecule has 0 unspecified atom stereocenters. The van der Waals surface area contributed by atoms with Gasteiger partial charge in [-0.2, -0.15) is 0 Å². The fourth-order valence-electron chi connectivity index (χ4n) is 3.30. The minimum Gasteiger partial charge on any atom is -0.337 e. The molecule has 29 heavy (non-hydrogen) atoms. The molecule has 158 valence electrons. The first kappa shape index (κ1) is 25.1. The van der Waals surface area contributed by atoms with Crippen LogP contribution in [0.25, 0.3) is 22.0 Å². The van der Waals surface area contributed by atoms with Gasteiger partial charge in [-0.3, -0.25) is 4.98 Å². The molecule has 2 heterocycles. The first-order valence-corrected chi connectivity index (χ1v) is 10.4. The lowest BCUT2D eigenvalue weighted by atomic mass is 10.0. The Morgan fingerprint density at radius 1 is 1.21 bits per heavy atom. The van der Waals surface area contributed by atoms with Crippen molar-refractivity contribution in [1.29, 1.82) is 0 Å². The van der Waals surface area contributed by atoms with Crippen LogP contribution in [0.2, 0.25) is 0 Å². The molecule has 0 saturated carbocycles. The van der Waals surface area contributed by atoms with Crippen molar-refractivity contribution >= 4 is 45.6 Å². The Kier molecular flexibility index (Phi) is 8.41. The Morgan fingerprint density at radius 2 is 1.90 bits per heavy atom. The predicted molar refractivity (Wildman–Crippen MR) is 120 cm³/mol. The van der Waals surface area contributed by atoms with Gasteiger partial charge in [-0.1, -0.05) is 0 Å². The van der Waals surface area contributed by atoms with E-state index in [0.29, 0.717) is 0 Å². The van der Waals surface area contributed by atoms with Gasteiger partial charge < -0.3 is 10.3 Å². The third-order valence-corrected chi connectivity index (χ3v) is 5.67. The van der Waals surface area contributed by atoms with Crippen LogP contribution in [0.5, 0.6) is 0 Å². The average Bonchev–Trinajstić information content (AvgIpc) is 2.86. The number of halogens is 3. The number of allylic oxidation sites excluding steroid dienone is 1. The molecule has 0 fully saturated rings. The zero-order valence-corrected chi connectivity index (χ0v) is 18.8. The van der Waals surface area contributed by atoms with Crippen molar-refractivity contribution in [3.63, 3.8) is 0 Å². The Morgan fingerprint density at radius 3 is 2.48 bits per heavy atom. The van der Waals surface area contributed by atoms with Crippen LogP contribution in [0.4, 0.5) is 4.39 Å². The molecule has 0 spiro atoms. The zero-order chi connectivity index (χ0) is 19.8. The van der Waals surface area contributed by atoms with E-state index in [1.165, 1.54) is 12.3 Å². The summed E-state index contributed by atoms with van der Waals surface area (Å²) in [7, 11) is -3.36. The second-order valence-corrected chi connectivity index (χ2v) is 8.59.